The maximum atomic E-state index is 5.91. The molecule has 2 N–H and O–H groups in total. The molecule has 114 valence electrons. The van der Waals surface area contributed by atoms with Crippen molar-refractivity contribution in [3.63, 3.8) is 0 Å². The molecule has 0 saturated heterocycles. The highest BCUT2D eigenvalue weighted by atomic mass is 35.5. The first-order valence-electron chi connectivity index (χ1n) is 7.10. The lowest BCUT2D eigenvalue weighted by Gasteiger charge is -2.06. The molecule has 2 aromatic carbocycles. The van der Waals surface area contributed by atoms with Gasteiger partial charge in [-0.25, -0.2) is 4.68 Å². The molecular formula is C18H20ClN3. The maximum absolute atomic E-state index is 5.91. The molecule has 4 heteroatoms. The van der Waals surface area contributed by atoms with Crippen LogP contribution in [0.1, 0.15) is 16.7 Å². The molecule has 0 aliphatic heterocycles. The molecule has 0 bridgehead atoms. The van der Waals surface area contributed by atoms with Crippen LogP contribution in [-0.4, -0.2) is 9.78 Å². The van der Waals surface area contributed by atoms with Gasteiger partial charge in [0.2, 0.25) is 0 Å². The fourth-order valence-electron chi connectivity index (χ4n) is 2.49. The zero-order chi connectivity index (χ0) is 14.8. The monoisotopic (exact) mass is 313 g/mol. The second-order valence-electron chi connectivity index (χ2n) is 5.31. The van der Waals surface area contributed by atoms with E-state index in [1.807, 2.05) is 41.2 Å². The van der Waals surface area contributed by atoms with Gasteiger partial charge in [-0.05, 0) is 37.6 Å². The highest BCUT2D eigenvalue weighted by Gasteiger charge is 2.13. The minimum atomic E-state index is 0. The molecule has 0 atom stereocenters. The van der Waals surface area contributed by atoms with Crippen molar-refractivity contribution in [1.29, 1.82) is 0 Å². The van der Waals surface area contributed by atoms with Crippen molar-refractivity contribution < 1.29 is 0 Å². The molecule has 3 nitrogen and oxygen atoms in total. The second-order valence-corrected chi connectivity index (χ2v) is 5.31. The van der Waals surface area contributed by atoms with Crippen molar-refractivity contribution >= 4 is 12.4 Å². The molecule has 0 amide bonds. The summed E-state index contributed by atoms with van der Waals surface area (Å²) in [7, 11) is 0. The molecule has 3 rings (SSSR count). The summed E-state index contributed by atoms with van der Waals surface area (Å²) in [4.78, 5) is 0. The first-order chi connectivity index (χ1) is 10.2. The minimum absolute atomic E-state index is 0. The van der Waals surface area contributed by atoms with Gasteiger partial charge in [-0.1, -0.05) is 35.9 Å². The van der Waals surface area contributed by atoms with Crippen LogP contribution in [0.4, 0.5) is 0 Å². The number of benzene rings is 2. The molecule has 0 fully saturated rings. The molecule has 0 aliphatic carbocycles. The second kappa shape index (κ2) is 6.77. The standard InChI is InChI=1S/C18H19N3.ClH/c1-13-8-9-14(2)17(10-13)18-15(11-19)12-21(20-18)16-6-4-3-5-7-16;/h3-10,12H,11,19H2,1-2H3;1H. The molecule has 22 heavy (non-hydrogen) atoms. The molecule has 0 aliphatic rings. The molecule has 0 saturated carbocycles. The number of nitrogens with zero attached hydrogens (tertiary/aromatic N) is 2. The van der Waals surface area contributed by atoms with Crippen molar-refractivity contribution in [2.24, 2.45) is 5.73 Å². The van der Waals surface area contributed by atoms with E-state index in [1.54, 1.807) is 0 Å². The van der Waals surface area contributed by atoms with E-state index in [0.717, 1.165) is 22.5 Å². The van der Waals surface area contributed by atoms with Crippen molar-refractivity contribution in [1.82, 2.24) is 9.78 Å². The van der Waals surface area contributed by atoms with Crippen molar-refractivity contribution in [2.45, 2.75) is 20.4 Å². The Bertz CT molecular complexity index is 763. The van der Waals surface area contributed by atoms with Gasteiger partial charge in [0.25, 0.3) is 0 Å². The maximum Gasteiger partial charge on any atom is 0.0975 e. The summed E-state index contributed by atoms with van der Waals surface area (Å²) in [5, 5.41) is 4.76. The van der Waals surface area contributed by atoms with Gasteiger partial charge in [0, 0.05) is 23.9 Å². The Morgan fingerprint density at radius 1 is 1.05 bits per heavy atom. The van der Waals surface area contributed by atoms with Crippen LogP contribution >= 0.6 is 12.4 Å². The fraction of sp³-hybridized carbons (Fsp3) is 0.167. The summed E-state index contributed by atoms with van der Waals surface area (Å²) < 4.78 is 1.90. The number of nitrogens with two attached hydrogens (primary N) is 1. The molecular weight excluding hydrogens is 294 g/mol. The minimum Gasteiger partial charge on any atom is -0.326 e. The van der Waals surface area contributed by atoms with Gasteiger partial charge >= 0.3 is 0 Å². The lowest BCUT2D eigenvalue weighted by Crippen LogP contribution is -1.97. The number of aryl methyl sites for hydroxylation is 2. The van der Waals surface area contributed by atoms with Crippen LogP contribution in [0.5, 0.6) is 0 Å². The van der Waals surface area contributed by atoms with E-state index in [2.05, 4.69) is 32.0 Å². The predicted octanol–water partition coefficient (Wildman–Crippen LogP) is 4.04. The molecule has 0 spiro atoms. The van der Waals surface area contributed by atoms with E-state index >= 15 is 0 Å². The Hall–Kier alpha value is -2.10. The Kier molecular flexibility index (Phi) is 5.01. The smallest absolute Gasteiger partial charge is 0.0975 e. The van der Waals surface area contributed by atoms with Crippen LogP contribution in [0.15, 0.2) is 54.7 Å². The van der Waals surface area contributed by atoms with Crippen LogP contribution in [0, 0.1) is 13.8 Å². The zero-order valence-electron chi connectivity index (χ0n) is 12.8. The van der Waals surface area contributed by atoms with Gasteiger partial charge in [-0.2, -0.15) is 5.10 Å². The van der Waals surface area contributed by atoms with Gasteiger partial charge in [-0.3, -0.25) is 0 Å². The van der Waals surface area contributed by atoms with E-state index in [4.69, 9.17) is 10.8 Å². The van der Waals surface area contributed by atoms with E-state index in [1.165, 1.54) is 11.1 Å². The normalized spacial score (nSPS) is 10.3. The summed E-state index contributed by atoms with van der Waals surface area (Å²) in [5.74, 6) is 0. The quantitative estimate of drug-likeness (QED) is 0.793. The summed E-state index contributed by atoms with van der Waals surface area (Å²) in [5.41, 5.74) is 12.6. The predicted molar refractivity (Wildman–Crippen MR) is 93.6 cm³/mol. The van der Waals surface area contributed by atoms with Gasteiger partial charge in [0.05, 0.1) is 11.4 Å². The number of hydrogen-bond acceptors (Lipinski definition) is 2. The topological polar surface area (TPSA) is 43.8 Å². The molecule has 0 radical (unpaired) electrons. The van der Waals surface area contributed by atoms with Gasteiger partial charge in [-0.15, -0.1) is 12.4 Å². The third kappa shape index (κ3) is 3.06. The molecule has 1 heterocycles. The first-order valence-corrected chi connectivity index (χ1v) is 7.10. The number of halogens is 1. The van der Waals surface area contributed by atoms with Crippen LogP contribution in [0.3, 0.4) is 0 Å². The highest BCUT2D eigenvalue weighted by Crippen LogP contribution is 2.27. The number of para-hydroxylation sites is 1. The lowest BCUT2D eigenvalue weighted by molar-refractivity contribution is 0.882. The largest absolute Gasteiger partial charge is 0.326 e. The van der Waals surface area contributed by atoms with Gasteiger partial charge < -0.3 is 5.73 Å². The van der Waals surface area contributed by atoms with E-state index in [0.29, 0.717) is 6.54 Å². The SMILES string of the molecule is Cc1ccc(C)c(-c2nn(-c3ccccc3)cc2CN)c1.Cl. The Morgan fingerprint density at radius 3 is 2.45 bits per heavy atom. The van der Waals surface area contributed by atoms with Crippen LogP contribution < -0.4 is 5.73 Å². The molecule has 1 aromatic heterocycles. The summed E-state index contributed by atoms with van der Waals surface area (Å²) in [6.45, 7) is 4.69. The first kappa shape index (κ1) is 16.3. The Labute approximate surface area is 137 Å². The average Bonchev–Trinajstić information content (AvgIpc) is 2.94. The van der Waals surface area contributed by atoms with Crippen LogP contribution in [0.2, 0.25) is 0 Å². The number of rotatable bonds is 3. The summed E-state index contributed by atoms with van der Waals surface area (Å²) in [6.07, 6.45) is 2.02. The van der Waals surface area contributed by atoms with Crippen LogP contribution in [0.25, 0.3) is 16.9 Å². The number of aromatic nitrogens is 2. The average molecular weight is 314 g/mol. The molecule has 0 unspecified atom stereocenters. The van der Waals surface area contributed by atoms with E-state index < -0.39 is 0 Å². The van der Waals surface area contributed by atoms with E-state index in [9.17, 15) is 0 Å². The highest BCUT2D eigenvalue weighted by molar-refractivity contribution is 5.85. The Morgan fingerprint density at radius 2 is 1.77 bits per heavy atom. The summed E-state index contributed by atoms with van der Waals surface area (Å²) >= 11 is 0. The zero-order valence-corrected chi connectivity index (χ0v) is 13.6. The van der Waals surface area contributed by atoms with Gasteiger partial charge in [0.15, 0.2) is 0 Å². The van der Waals surface area contributed by atoms with Crippen molar-refractivity contribution in [3.05, 3.63) is 71.4 Å². The van der Waals surface area contributed by atoms with Crippen molar-refractivity contribution in [2.75, 3.05) is 0 Å². The summed E-state index contributed by atoms with van der Waals surface area (Å²) in [6, 6.07) is 16.5. The van der Waals surface area contributed by atoms with Crippen molar-refractivity contribution in [3.8, 4) is 16.9 Å². The number of hydrogen-bond donors (Lipinski definition) is 1. The fourth-order valence-corrected chi connectivity index (χ4v) is 2.49. The lowest BCUT2D eigenvalue weighted by atomic mass is 10.0. The third-order valence-corrected chi connectivity index (χ3v) is 3.68. The van der Waals surface area contributed by atoms with E-state index in [-0.39, 0.29) is 12.4 Å². The van der Waals surface area contributed by atoms with Gasteiger partial charge in [0.1, 0.15) is 0 Å². The Balaban J connectivity index is 0.00000176. The molecule has 3 aromatic rings. The third-order valence-electron chi connectivity index (χ3n) is 3.68. The van der Waals surface area contributed by atoms with Crippen LogP contribution in [-0.2, 0) is 6.54 Å².